The average molecular weight is 503 g/mol. The van der Waals surface area contributed by atoms with Crippen LogP contribution in [0.2, 0.25) is 0 Å². The zero-order valence-electron chi connectivity index (χ0n) is 19.0. The van der Waals surface area contributed by atoms with Crippen molar-refractivity contribution in [3.8, 4) is 16.9 Å². The van der Waals surface area contributed by atoms with Crippen LogP contribution in [0.15, 0.2) is 54.9 Å². The molecule has 0 fully saturated rings. The molecule has 0 unspecified atom stereocenters. The minimum atomic E-state index is -1.22. The van der Waals surface area contributed by atoms with Crippen LogP contribution in [0, 0.1) is 0 Å². The van der Waals surface area contributed by atoms with Gasteiger partial charge in [0, 0.05) is 51.7 Å². The summed E-state index contributed by atoms with van der Waals surface area (Å²) in [7, 11) is 0. The molecule has 182 valence electrons. The number of H-pyrrole nitrogens is 2. The van der Waals surface area contributed by atoms with Gasteiger partial charge in [-0.1, -0.05) is 36.4 Å². The number of fused-ring (bicyclic) bond motifs is 2. The molecule has 5 rings (SSSR count). The Morgan fingerprint density at radius 3 is 2.42 bits per heavy atom. The van der Waals surface area contributed by atoms with Crippen molar-refractivity contribution >= 4 is 50.9 Å². The number of aryl methyl sites for hydroxylation is 1. The van der Waals surface area contributed by atoms with E-state index < -0.39 is 17.7 Å². The van der Waals surface area contributed by atoms with E-state index in [1.165, 1.54) is 0 Å². The second-order valence-electron chi connectivity index (χ2n) is 8.51. The maximum Gasteiger partial charge on any atom is 0.346 e. The normalized spacial score (nSPS) is 11.3. The lowest BCUT2D eigenvalue weighted by Crippen LogP contribution is -1.98. The Balaban J connectivity index is 1.54. The van der Waals surface area contributed by atoms with Crippen LogP contribution in [0.3, 0.4) is 0 Å². The molecule has 0 atom stereocenters. The molecular formula is C27H22N2O6S. The van der Waals surface area contributed by atoms with Crippen molar-refractivity contribution in [3.05, 3.63) is 75.7 Å². The first-order valence-electron chi connectivity index (χ1n) is 11.4. The zero-order chi connectivity index (χ0) is 25.4. The number of carboxylic acid groups (broad SMARTS) is 2. The molecule has 0 saturated heterocycles. The van der Waals surface area contributed by atoms with Gasteiger partial charge in [0.05, 0.1) is 5.56 Å². The fraction of sp³-hybridized carbons (Fsp3) is 0.148. The summed E-state index contributed by atoms with van der Waals surface area (Å²) in [4.78, 5) is 42.5. The maximum absolute atomic E-state index is 13.6. The number of thiophene rings is 1. The number of carbonyl (C=O) groups is 3. The van der Waals surface area contributed by atoms with Crippen molar-refractivity contribution < 1.29 is 29.7 Å². The Bertz CT molecular complexity index is 1640. The monoisotopic (exact) mass is 502 g/mol. The summed E-state index contributed by atoms with van der Waals surface area (Å²) in [6.07, 6.45) is 5.20. The molecule has 0 aliphatic heterocycles. The molecule has 0 aliphatic rings. The molecule has 5 N–H and O–H groups in total. The highest BCUT2D eigenvalue weighted by atomic mass is 32.1. The smallest absolute Gasteiger partial charge is 0.346 e. The molecule has 36 heavy (non-hydrogen) atoms. The summed E-state index contributed by atoms with van der Waals surface area (Å²) >= 11 is 0.757. The van der Waals surface area contributed by atoms with Gasteiger partial charge >= 0.3 is 11.9 Å². The molecule has 9 heteroatoms. The number of hydrogen-bond acceptors (Lipinski definition) is 5. The quantitative estimate of drug-likeness (QED) is 0.127. The van der Waals surface area contributed by atoms with E-state index in [0.29, 0.717) is 35.8 Å². The van der Waals surface area contributed by atoms with Crippen LogP contribution < -0.4 is 0 Å². The number of aromatic amines is 2. The second-order valence-corrected chi connectivity index (χ2v) is 9.53. The van der Waals surface area contributed by atoms with Crippen molar-refractivity contribution in [2.24, 2.45) is 0 Å². The van der Waals surface area contributed by atoms with Crippen LogP contribution >= 0.6 is 11.3 Å². The van der Waals surface area contributed by atoms with Gasteiger partial charge in [0.15, 0.2) is 0 Å². The van der Waals surface area contributed by atoms with Crippen molar-refractivity contribution in [2.45, 2.75) is 25.7 Å². The van der Waals surface area contributed by atoms with Gasteiger partial charge in [0.2, 0.25) is 5.78 Å². The SMILES string of the molecule is O=C(O)CCCCc1cccc2c(C(=O)c3sc(C(=O)O)c(-c4c[nH]c5ccccc45)c3O)c[nH]c12. The van der Waals surface area contributed by atoms with Crippen LogP contribution in [0.4, 0.5) is 0 Å². The van der Waals surface area contributed by atoms with E-state index in [4.69, 9.17) is 5.11 Å². The number of aromatic nitrogens is 2. The zero-order valence-corrected chi connectivity index (χ0v) is 19.8. The lowest BCUT2D eigenvalue weighted by molar-refractivity contribution is -0.137. The van der Waals surface area contributed by atoms with Crippen molar-refractivity contribution in [2.75, 3.05) is 0 Å². The van der Waals surface area contributed by atoms with Gasteiger partial charge in [0.25, 0.3) is 0 Å². The van der Waals surface area contributed by atoms with E-state index in [-0.39, 0.29) is 27.5 Å². The van der Waals surface area contributed by atoms with Crippen LogP contribution in [-0.2, 0) is 11.2 Å². The third-order valence-electron chi connectivity index (χ3n) is 6.28. The molecule has 0 aliphatic carbocycles. The number of hydrogen-bond donors (Lipinski definition) is 5. The minimum Gasteiger partial charge on any atom is -0.506 e. The molecule has 0 amide bonds. The largest absolute Gasteiger partial charge is 0.506 e. The Labute approximate surface area is 208 Å². The summed E-state index contributed by atoms with van der Waals surface area (Å²) in [6, 6.07) is 12.9. The number of para-hydroxylation sites is 2. The number of aromatic carboxylic acids is 1. The third-order valence-corrected chi connectivity index (χ3v) is 7.44. The fourth-order valence-electron chi connectivity index (χ4n) is 4.58. The molecule has 8 nitrogen and oxygen atoms in total. The highest BCUT2D eigenvalue weighted by molar-refractivity contribution is 7.17. The molecule has 0 saturated carbocycles. The predicted octanol–water partition coefficient (Wildman–Crippen LogP) is 5.81. The highest BCUT2D eigenvalue weighted by Crippen LogP contribution is 2.45. The first-order valence-corrected chi connectivity index (χ1v) is 12.2. The van der Waals surface area contributed by atoms with Crippen LogP contribution in [-0.4, -0.2) is 43.0 Å². The summed E-state index contributed by atoms with van der Waals surface area (Å²) in [5.41, 5.74) is 3.47. The van der Waals surface area contributed by atoms with E-state index in [1.807, 2.05) is 36.4 Å². The Kier molecular flexibility index (Phi) is 6.07. The number of carboxylic acids is 2. The summed E-state index contributed by atoms with van der Waals surface area (Å²) in [5.74, 6) is -2.88. The van der Waals surface area contributed by atoms with Crippen molar-refractivity contribution in [3.63, 3.8) is 0 Å². The first kappa shape index (κ1) is 23.4. The summed E-state index contributed by atoms with van der Waals surface area (Å²) in [5, 5.41) is 31.2. The number of unbranched alkanes of at least 4 members (excludes halogenated alkanes) is 1. The van der Waals surface area contributed by atoms with Crippen molar-refractivity contribution in [1.82, 2.24) is 9.97 Å². The molecule has 0 spiro atoms. The minimum absolute atomic E-state index is 0.0413. The number of rotatable bonds is 9. The van der Waals surface area contributed by atoms with E-state index in [9.17, 15) is 24.6 Å². The predicted molar refractivity (Wildman–Crippen MR) is 137 cm³/mol. The van der Waals surface area contributed by atoms with Gasteiger partial charge < -0.3 is 25.3 Å². The first-order chi connectivity index (χ1) is 17.4. The third kappa shape index (κ3) is 4.03. The van der Waals surface area contributed by atoms with Gasteiger partial charge in [-0.2, -0.15) is 0 Å². The van der Waals surface area contributed by atoms with Crippen LogP contribution in [0.25, 0.3) is 32.9 Å². The molecule has 0 radical (unpaired) electrons. The topological polar surface area (TPSA) is 143 Å². The lowest BCUT2D eigenvalue weighted by atomic mass is 10.00. The number of carbonyl (C=O) groups excluding carboxylic acids is 1. The molecule has 3 aromatic heterocycles. The molecule has 3 heterocycles. The van der Waals surface area contributed by atoms with Gasteiger partial charge in [-0.25, -0.2) is 4.79 Å². The van der Waals surface area contributed by atoms with Gasteiger partial charge in [-0.3, -0.25) is 9.59 Å². The molecule has 0 bridgehead atoms. The second kappa shape index (κ2) is 9.35. The molecule has 5 aromatic rings. The maximum atomic E-state index is 13.6. The fourth-order valence-corrected chi connectivity index (χ4v) is 5.58. The van der Waals surface area contributed by atoms with Crippen molar-refractivity contribution in [1.29, 1.82) is 0 Å². The highest BCUT2D eigenvalue weighted by Gasteiger charge is 2.30. The van der Waals surface area contributed by atoms with Crippen LogP contribution in [0.1, 0.15) is 49.7 Å². The molecular weight excluding hydrogens is 480 g/mol. The lowest BCUT2D eigenvalue weighted by Gasteiger charge is -2.04. The number of nitrogens with one attached hydrogen (secondary N) is 2. The Hall–Kier alpha value is -4.37. The van der Waals surface area contributed by atoms with E-state index in [1.54, 1.807) is 18.5 Å². The van der Waals surface area contributed by atoms with Gasteiger partial charge in [-0.15, -0.1) is 11.3 Å². The van der Waals surface area contributed by atoms with Crippen LogP contribution in [0.5, 0.6) is 5.75 Å². The number of aromatic hydroxyl groups is 1. The number of benzene rings is 2. The van der Waals surface area contributed by atoms with E-state index in [0.717, 1.165) is 33.3 Å². The number of ketones is 1. The number of aliphatic carboxylic acids is 1. The van der Waals surface area contributed by atoms with Gasteiger partial charge in [-0.05, 0) is 30.9 Å². The van der Waals surface area contributed by atoms with E-state index in [2.05, 4.69) is 9.97 Å². The van der Waals surface area contributed by atoms with E-state index >= 15 is 0 Å². The Morgan fingerprint density at radius 2 is 1.64 bits per heavy atom. The average Bonchev–Trinajstić information content (AvgIpc) is 3.56. The molecule has 2 aromatic carbocycles. The standard InChI is InChI=1S/C27H22N2O6S/c30-20(31)11-4-1-6-14-7-5-9-16-18(13-29-22(14)16)23(32)26-24(33)21(25(36-26)27(34)35)17-12-28-19-10-3-2-8-15(17)19/h2-3,5,7-10,12-13,28-29,33H,1,4,6,11H2,(H,30,31)(H,34,35). The van der Waals surface area contributed by atoms with Gasteiger partial charge in [0.1, 0.15) is 15.5 Å². The Morgan fingerprint density at radius 1 is 0.861 bits per heavy atom. The summed E-state index contributed by atoms with van der Waals surface area (Å²) < 4.78 is 0. The summed E-state index contributed by atoms with van der Waals surface area (Å²) in [6.45, 7) is 0.